The third-order valence-electron chi connectivity index (χ3n) is 2.61. The van der Waals surface area contributed by atoms with Gasteiger partial charge in [0.15, 0.2) is 0 Å². The van der Waals surface area contributed by atoms with E-state index in [0.717, 1.165) is 11.8 Å². The van der Waals surface area contributed by atoms with Gasteiger partial charge >= 0.3 is 0 Å². The number of sulfone groups is 1. The Bertz CT molecular complexity index is 738. The van der Waals surface area contributed by atoms with Crippen LogP contribution < -0.4 is 5.32 Å². The molecule has 0 atom stereocenters. The van der Waals surface area contributed by atoms with Gasteiger partial charge in [0, 0.05) is 29.3 Å². The molecular weight excluding hydrogens is 316 g/mol. The van der Waals surface area contributed by atoms with Crippen molar-refractivity contribution in [1.82, 2.24) is 5.16 Å². The molecule has 0 bridgehead atoms. The Morgan fingerprint density at radius 1 is 1.33 bits per heavy atom. The Kier molecular flexibility index (Phi) is 4.64. The molecule has 2 rings (SSSR count). The molecule has 0 fully saturated rings. The topological polar surface area (TPSA) is 89.3 Å². The largest absolute Gasteiger partial charge is 0.338 e. The molecule has 0 unspecified atom stereocenters. The third-order valence-corrected chi connectivity index (χ3v) is 3.81. The van der Waals surface area contributed by atoms with Crippen molar-refractivity contribution in [3.05, 3.63) is 35.4 Å². The molecule has 0 aliphatic heterocycles. The second kappa shape index (κ2) is 6.28. The van der Waals surface area contributed by atoms with Crippen LogP contribution in [0.1, 0.15) is 6.42 Å². The number of anilines is 1. The van der Waals surface area contributed by atoms with Crippen molar-refractivity contribution in [2.45, 2.75) is 6.42 Å². The van der Waals surface area contributed by atoms with E-state index >= 15 is 0 Å². The van der Waals surface area contributed by atoms with Crippen molar-refractivity contribution < 1.29 is 17.7 Å². The zero-order valence-electron chi connectivity index (χ0n) is 11.2. The number of halogens is 1. The first-order valence-electron chi connectivity index (χ1n) is 6.04. The number of aromatic nitrogens is 1. The monoisotopic (exact) mass is 328 g/mol. The van der Waals surface area contributed by atoms with E-state index in [0.29, 0.717) is 10.7 Å². The normalized spacial score (nSPS) is 11.3. The molecule has 0 aliphatic rings. The van der Waals surface area contributed by atoms with Crippen LogP contribution in [0.2, 0.25) is 5.02 Å². The van der Waals surface area contributed by atoms with Crippen molar-refractivity contribution in [2.24, 2.45) is 0 Å². The number of hydrogen-bond acceptors (Lipinski definition) is 5. The molecule has 2 aromatic rings. The summed E-state index contributed by atoms with van der Waals surface area (Å²) < 4.78 is 26.9. The van der Waals surface area contributed by atoms with E-state index in [1.54, 1.807) is 30.3 Å². The molecule has 112 valence electrons. The quantitative estimate of drug-likeness (QED) is 0.910. The van der Waals surface area contributed by atoms with Gasteiger partial charge in [-0.05, 0) is 12.1 Å². The summed E-state index contributed by atoms with van der Waals surface area (Å²) in [5.41, 5.74) is 1.34. The first-order valence-corrected chi connectivity index (χ1v) is 8.47. The zero-order chi connectivity index (χ0) is 15.5. The number of rotatable bonds is 5. The number of amides is 1. The van der Waals surface area contributed by atoms with E-state index in [-0.39, 0.29) is 18.1 Å². The predicted molar refractivity (Wildman–Crippen MR) is 79.9 cm³/mol. The van der Waals surface area contributed by atoms with E-state index in [1.165, 1.54) is 0 Å². The van der Waals surface area contributed by atoms with Gasteiger partial charge in [0.2, 0.25) is 11.8 Å². The molecule has 1 amide bonds. The molecule has 21 heavy (non-hydrogen) atoms. The molecule has 0 spiro atoms. The zero-order valence-corrected chi connectivity index (χ0v) is 12.7. The maximum absolute atomic E-state index is 11.6. The molecule has 6 nitrogen and oxygen atoms in total. The van der Waals surface area contributed by atoms with Crippen molar-refractivity contribution in [1.29, 1.82) is 0 Å². The van der Waals surface area contributed by atoms with Crippen LogP contribution in [0.25, 0.3) is 11.3 Å². The van der Waals surface area contributed by atoms with E-state index in [4.69, 9.17) is 16.1 Å². The van der Waals surface area contributed by atoms with Crippen molar-refractivity contribution >= 4 is 33.2 Å². The molecule has 0 radical (unpaired) electrons. The Labute approximate surface area is 127 Å². The standard InChI is InChI=1S/C13H13ClN2O4S/c1-21(18,19)7-6-12(17)15-13-8-11(16-20-13)9-2-4-10(14)5-3-9/h2-5,8H,6-7H2,1H3,(H,15,17). The van der Waals surface area contributed by atoms with Gasteiger partial charge in [0.1, 0.15) is 15.5 Å². The minimum atomic E-state index is -3.17. The highest BCUT2D eigenvalue weighted by molar-refractivity contribution is 7.90. The SMILES string of the molecule is CS(=O)(=O)CCC(=O)Nc1cc(-c2ccc(Cl)cc2)no1. The van der Waals surface area contributed by atoms with Gasteiger partial charge in [0.05, 0.1) is 5.75 Å². The molecular formula is C13H13ClN2O4S. The molecule has 1 N–H and O–H groups in total. The summed E-state index contributed by atoms with van der Waals surface area (Å²) >= 11 is 5.79. The highest BCUT2D eigenvalue weighted by Crippen LogP contribution is 2.23. The summed E-state index contributed by atoms with van der Waals surface area (Å²) in [7, 11) is -3.17. The van der Waals surface area contributed by atoms with Crippen LogP contribution in [-0.2, 0) is 14.6 Å². The summed E-state index contributed by atoms with van der Waals surface area (Å²) in [5, 5.41) is 6.89. The highest BCUT2D eigenvalue weighted by atomic mass is 35.5. The lowest BCUT2D eigenvalue weighted by Crippen LogP contribution is -2.16. The van der Waals surface area contributed by atoms with Crippen LogP contribution in [0, 0.1) is 0 Å². The average molecular weight is 329 g/mol. The third kappa shape index (κ3) is 4.87. The van der Waals surface area contributed by atoms with Gasteiger partial charge in [-0.2, -0.15) is 0 Å². The minimum absolute atomic E-state index is 0.129. The number of hydrogen-bond donors (Lipinski definition) is 1. The number of nitrogens with zero attached hydrogens (tertiary/aromatic N) is 1. The smallest absolute Gasteiger partial charge is 0.231 e. The van der Waals surface area contributed by atoms with E-state index < -0.39 is 15.7 Å². The average Bonchev–Trinajstić information content (AvgIpc) is 2.85. The van der Waals surface area contributed by atoms with Crippen LogP contribution in [0.15, 0.2) is 34.9 Å². The maximum atomic E-state index is 11.6. The van der Waals surface area contributed by atoms with Gasteiger partial charge in [-0.15, -0.1) is 0 Å². The number of carbonyl (C=O) groups is 1. The number of nitrogens with one attached hydrogen (secondary N) is 1. The van der Waals surface area contributed by atoms with Gasteiger partial charge in [-0.3, -0.25) is 10.1 Å². The second-order valence-electron chi connectivity index (χ2n) is 4.51. The lowest BCUT2D eigenvalue weighted by Gasteiger charge is -1.99. The van der Waals surface area contributed by atoms with Gasteiger partial charge in [-0.1, -0.05) is 28.9 Å². The predicted octanol–water partition coefficient (Wildman–Crippen LogP) is 2.37. The summed E-state index contributed by atoms with van der Waals surface area (Å²) in [4.78, 5) is 11.6. The molecule has 1 heterocycles. The summed E-state index contributed by atoms with van der Waals surface area (Å²) in [5.74, 6) is -0.491. The van der Waals surface area contributed by atoms with Crippen molar-refractivity contribution in [2.75, 3.05) is 17.3 Å². The summed E-state index contributed by atoms with van der Waals surface area (Å²) in [6.45, 7) is 0. The summed E-state index contributed by atoms with van der Waals surface area (Å²) in [6.07, 6.45) is 0.948. The Morgan fingerprint density at radius 3 is 2.62 bits per heavy atom. The molecule has 0 saturated carbocycles. The Morgan fingerprint density at radius 2 is 2.00 bits per heavy atom. The van der Waals surface area contributed by atoms with Crippen LogP contribution >= 0.6 is 11.6 Å². The van der Waals surface area contributed by atoms with Crippen molar-refractivity contribution in [3.63, 3.8) is 0 Å². The molecule has 1 aromatic heterocycles. The fourth-order valence-electron chi connectivity index (χ4n) is 1.57. The molecule has 0 saturated heterocycles. The van der Waals surface area contributed by atoms with Crippen LogP contribution in [0.4, 0.5) is 5.88 Å². The fourth-order valence-corrected chi connectivity index (χ4v) is 2.25. The molecule has 1 aromatic carbocycles. The summed E-state index contributed by atoms with van der Waals surface area (Å²) in [6, 6.07) is 8.54. The van der Waals surface area contributed by atoms with Gasteiger partial charge in [-0.25, -0.2) is 8.42 Å². The number of benzene rings is 1. The van der Waals surface area contributed by atoms with Gasteiger partial charge in [0.25, 0.3) is 0 Å². The lowest BCUT2D eigenvalue weighted by atomic mass is 10.1. The van der Waals surface area contributed by atoms with E-state index in [9.17, 15) is 13.2 Å². The maximum Gasteiger partial charge on any atom is 0.231 e. The first-order chi connectivity index (χ1) is 9.83. The van der Waals surface area contributed by atoms with Gasteiger partial charge < -0.3 is 4.52 Å². The molecule has 0 aliphatic carbocycles. The minimum Gasteiger partial charge on any atom is -0.338 e. The van der Waals surface area contributed by atoms with Crippen LogP contribution in [0.5, 0.6) is 0 Å². The van der Waals surface area contributed by atoms with Crippen molar-refractivity contribution in [3.8, 4) is 11.3 Å². The number of carbonyl (C=O) groups excluding carboxylic acids is 1. The van der Waals surface area contributed by atoms with E-state index in [2.05, 4.69) is 10.5 Å². The van der Waals surface area contributed by atoms with Crippen LogP contribution in [-0.4, -0.2) is 31.5 Å². The van der Waals surface area contributed by atoms with E-state index in [1.807, 2.05) is 0 Å². The Hall–Kier alpha value is -1.86. The fraction of sp³-hybridized carbons (Fsp3) is 0.231. The second-order valence-corrected chi connectivity index (χ2v) is 7.21. The van der Waals surface area contributed by atoms with Crippen LogP contribution in [0.3, 0.4) is 0 Å². The Balaban J connectivity index is 2.00. The molecule has 8 heteroatoms. The lowest BCUT2D eigenvalue weighted by molar-refractivity contribution is -0.115. The highest BCUT2D eigenvalue weighted by Gasteiger charge is 2.12. The first kappa shape index (κ1) is 15.5.